The monoisotopic (exact) mass is 439 g/mol. The van der Waals surface area contributed by atoms with Crippen LogP contribution in [-0.2, 0) is 27.2 Å². The molecule has 7 heteroatoms. The average Bonchev–Trinajstić information content (AvgIpc) is 2.50. The fourth-order valence-corrected chi connectivity index (χ4v) is 2.65. The minimum atomic E-state index is -2.17. The standard InChI is InChI=1S/C18H36O2.BH3O3.Nb/c1-2-3-4-5-6-7-8-9-10-11-12-13-14-15-16-17-18(19)20;2-1(3)4;/h2-17H2,1H3,(H,19,20);2-4H;. The number of rotatable bonds is 16. The van der Waals surface area contributed by atoms with E-state index in [0.29, 0.717) is 6.42 Å². The molecule has 0 aromatic rings. The van der Waals surface area contributed by atoms with Crippen LogP contribution >= 0.6 is 0 Å². The van der Waals surface area contributed by atoms with Crippen molar-refractivity contribution >= 4 is 13.3 Å². The number of hydrogen-bond acceptors (Lipinski definition) is 4. The maximum Gasteiger partial charge on any atom is 0.631 e. The molecule has 0 rings (SSSR count). The second kappa shape index (κ2) is 26.4. The number of carboxylic acids is 1. The zero-order valence-electron chi connectivity index (χ0n) is 16.0. The van der Waals surface area contributed by atoms with Crippen LogP contribution < -0.4 is 0 Å². The van der Waals surface area contributed by atoms with E-state index in [0.717, 1.165) is 12.8 Å². The Morgan fingerprint density at radius 1 is 0.640 bits per heavy atom. The van der Waals surface area contributed by atoms with E-state index in [1.165, 1.54) is 83.5 Å². The van der Waals surface area contributed by atoms with Crippen molar-refractivity contribution in [1.82, 2.24) is 0 Å². The Kier molecular flexibility index (Phi) is 31.6. The van der Waals surface area contributed by atoms with E-state index < -0.39 is 13.3 Å². The van der Waals surface area contributed by atoms with Crippen LogP contribution in [0, 0.1) is 0 Å². The molecule has 0 saturated heterocycles. The van der Waals surface area contributed by atoms with Crippen LogP contribution in [0.15, 0.2) is 0 Å². The molecule has 0 aromatic carbocycles. The van der Waals surface area contributed by atoms with Crippen molar-refractivity contribution in [3.63, 3.8) is 0 Å². The first-order valence-corrected chi connectivity index (χ1v) is 9.76. The van der Waals surface area contributed by atoms with Gasteiger partial charge in [-0.3, -0.25) is 4.79 Å². The molecule has 0 amide bonds. The second-order valence-corrected chi connectivity index (χ2v) is 6.44. The second-order valence-electron chi connectivity index (χ2n) is 6.44. The molecule has 0 fully saturated rings. The summed E-state index contributed by atoms with van der Waals surface area (Å²) in [6, 6.07) is 0. The minimum absolute atomic E-state index is 0. The van der Waals surface area contributed by atoms with Gasteiger partial charge in [-0.2, -0.15) is 0 Å². The van der Waals surface area contributed by atoms with Crippen molar-refractivity contribution in [3.8, 4) is 0 Å². The number of carbonyl (C=O) groups is 1. The molecule has 0 aliphatic carbocycles. The fraction of sp³-hybridized carbons (Fsp3) is 0.944. The van der Waals surface area contributed by atoms with Gasteiger partial charge in [0.15, 0.2) is 0 Å². The molecule has 0 aliphatic heterocycles. The summed E-state index contributed by atoms with van der Waals surface area (Å²) >= 11 is 0. The Bertz CT molecular complexity index is 253. The van der Waals surface area contributed by atoms with Gasteiger partial charge in [0, 0.05) is 28.8 Å². The Hall–Kier alpha value is 0.155. The third-order valence-corrected chi connectivity index (χ3v) is 3.99. The van der Waals surface area contributed by atoms with E-state index in [2.05, 4.69) is 6.92 Å². The maximum absolute atomic E-state index is 10.3. The van der Waals surface area contributed by atoms with Gasteiger partial charge in [-0.1, -0.05) is 96.8 Å². The van der Waals surface area contributed by atoms with Gasteiger partial charge in [-0.25, -0.2) is 0 Å². The molecule has 4 N–H and O–H groups in total. The Balaban J connectivity index is -0.000000867. The number of unbranched alkanes of at least 4 members (excludes halogenated alkanes) is 14. The van der Waals surface area contributed by atoms with E-state index in [1.807, 2.05) is 0 Å². The molecule has 0 bridgehead atoms. The molecule has 25 heavy (non-hydrogen) atoms. The maximum atomic E-state index is 10.3. The molecular formula is C18H39BNbO5. The summed E-state index contributed by atoms with van der Waals surface area (Å²) in [5.41, 5.74) is 0. The van der Waals surface area contributed by atoms with Gasteiger partial charge < -0.3 is 20.2 Å². The summed E-state index contributed by atoms with van der Waals surface area (Å²) in [6.07, 6.45) is 20.2. The zero-order chi connectivity index (χ0) is 18.5. The first-order chi connectivity index (χ1) is 11.5. The van der Waals surface area contributed by atoms with Crippen LogP contribution in [0.1, 0.15) is 110 Å². The predicted octanol–water partition coefficient (Wildman–Crippen LogP) is 4.28. The quantitative estimate of drug-likeness (QED) is 0.213. The summed E-state index contributed by atoms with van der Waals surface area (Å²) in [5, 5.41) is 30.0. The molecule has 149 valence electrons. The van der Waals surface area contributed by atoms with Crippen molar-refractivity contribution in [3.05, 3.63) is 0 Å². The third-order valence-electron chi connectivity index (χ3n) is 3.99. The Morgan fingerprint density at radius 3 is 1.12 bits per heavy atom. The topological polar surface area (TPSA) is 98.0 Å². The molecule has 0 aromatic heterocycles. The summed E-state index contributed by atoms with van der Waals surface area (Å²) in [5.74, 6) is -0.653. The van der Waals surface area contributed by atoms with Gasteiger partial charge in [-0.05, 0) is 6.42 Å². The zero-order valence-corrected chi connectivity index (χ0v) is 18.2. The number of carboxylic acid groups (broad SMARTS) is 1. The van der Waals surface area contributed by atoms with Gasteiger partial charge in [0.05, 0.1) is 0 Å². The Labute approximate surface area is 170 Å². The molecule has 0 spiro atoms. The summed E-state index contributed by atoms with van der Waals surface area (Å²) in [6.45, 7) is 2.27. The molecule has 0 saturated carbocycles. The van der Waals surface area contributed by atoms with Crippen LogP contribution in [0.5, 0.6) is 0 Å². The molecule has 0 aliphatic rings. The largest absolute Gasteiger partial charge is 0.631 e. The molecule has 0 heterocycles. The van der Waals surface area contributed by atoms with Gasteiger partial charge in [0.1, 0.15) is 0 Å². The minimum Gasteiger partial charge on any atom is -0.481 e. The molecule has 0 atom stereocenters. The predicted molar refractivity (Wildman–Crippen MR) is 99.6 cm³/mol. The van der Waals surface area contributed by atoms with Gasteiger partial charge in [0.25, 0.3) is 0 Å². The first kappa shape index (κ1) is 29.9. The van der Waals surface area contributed by atoms with Crippen molar-refractivity contribution in [2.24, 2.45) is 0 Å². The van der Waals surface area contributed by atoms with Gasteiger partial charge in [0.2, 0.25) is 0 Å². The SMILES string of the molecule is CCCCCCCCCCCCCCCCCC(=O)O.OB(O)O.[Nb]. The van der Waals surface area contributed by atoms with Crippen molar-refractivity contribution in [2.75, 3.05) is 0 Å². The Morgan fingerprint density at radius 2 is 0.880 bits per heavy atom. The third kappa shape index (κ3) is 40.3. The van der Waals surface area contributed by atoms with E-state index in [9.17, 15) is 4.79 Å². The van der Waals surface area contributed by atoms with Crippen LogP contribution in [0.2, 0.25) is 0 Å². The molecular weight excluding hydrogens is 400 g/mol. The molecule has 5 nitrogen and oxygen atoms in total. The summed E-state index contributed by atoms with van der Waals surface area (Å²) in [4.78, 5) is 10.3. The van der Waals surface area contributed by atoms with E-state index in [1.54, 1.807) is 0 Å². The smallest absolute Gasteiger partial charge is 0.481 e. The normalized spacial score (nSPS) is 9.76. The molecule has 0 unspecified atom stereocenters. The average molecular weight is 439 g/mol. The number of hydrogen-bond donors (Lipinski definition) is 4. The fourth-order valence-electron chi connectivity index (χ4n) is 2.65. The first-order valence-electron chi connectivity index (χ1n) is 9.76. The summed E-state index contributed by atoms with van der Waals surface area (Å²) in [7, 11) is -2.17. The number of aliphatic carboxylic acids is 1. The van der Waals surface area contributed by atoms with Crippen LogP contribution in [0.25, 0.3) is 0 Å². The van der Waals surface area contributed by atoms with Crippen LogP contribution in [0.4, 0.5) is 0 Å². The summed E-state index contributed by atoms with van der Waals surface area (Å²) < 4.78 is 0. The molecule has 1 radical (unpaired) electrons. The van der Waals surface area contributed by atoms with Gasteiger partial charge in [-0.15, -0.1) is 0 Å². The van der Waals surface area contributed by atoms with E-state index in [4.69, 9.17) is 20.2 Å². The van der Waals surface area contributed by atoms with Crippen molar-refractivity contribution < 1.29 is 47.4 Å². The van der Waals surface area contributed by atoms with E-state index >= 15 is 0 Å². The van der Waals surface area contributed by atoms with Crippen molar-refractivity contribution in [2.45, 2.75) is 110 Å². The van der Waals surface area contributed by atoms with Gasteiger partial charge >= 0.3 is 13.3 Å². The van der Waals surface area contributed by atoms with E-state index in [-0.39, 0.29) is 22.4 Å². The van der Waals surface area contributed by atoms with Crippen LogP contribution in [-0.4, -0.2) is 33.5 Å². The van der Waals surface area contributed by atoms with Crippen molar-refractivity contribution in [1.29, 1.82) is 0 Å². The van der Waals surface area contributed by atoms with Crippen LogP contribution in [0.3, 0.4) is 0 Å².